The van der Waals surface area contributed by atoms with E-state index in [2.05, 4.69) is 39.0 Å². The zero-order valence-corrected chi connectivity index (χ0v) is 13.2. The first-order valence-electron chi connectivity index (χ1n) is 6.97. The molecule has 1 heterocycles. The predicted molar refractivity (Wildman–Crippen MR) is 83.7 cm³/mol. The fourth-order valence-electron chi connectivity index (χ4n) is 2.76. The molecule has 19 heavy (non-hydrogen) atoms. The summed E-state index contributed by atoms with van der Waals surface area (Å²) in [6, 6.07) is 6.62. The molecule has 0 saturated carbocycles. The van der Waals surface area contributed by atoms with Crippen LogP contribution in [0, 0.1) is 5.92 Å². The Balaban J connectivity index is 2.06. The fraction of sp³-hybridized carbons (Fsp3) is 0.600. The van der Waals surface area contributed by atoms with Crippen molar-refractivity contribution in [2.24, 2.45) is 11.7 Å². The molecular formula is C15H23BrN2O. The Morgan fingerprint density at radius 1 is 1.47 bits per heavy atom. The van der Waals surface area contributed by atoms with Gasteiger partial charge in [0.25, 0.3) is 0 Å². The molecule has 1 unspecified atom stereocenters. The van der Waals surface area contributed by atoms with Crippen LogP contribution < -0.4 is 10.6 Å². The highest BCUT2D eigenvalue weighted by atomic mass is 79.9. The van der Waals surface area contributed by atoms with E-state index in [1.807, 2.05) is 0 Å². The number of nitrogens with zero attached hydrogens (tertiary/aromatic N) is 1. The summed E-state index contributed by atoms with van der Waals surface area (Å²) in [5.74, 6) is 0.654. The molecule has 0 bridgehead atoms. The second-order valence-electron chi connectivity index (χ2n) is 5.22. The summed E-state index contributed by atoms with van der Waals surface area (Å²) in [4.78, 5) is 2.46. The molecular weight excluding hydrogens is 304 g/mol. The van der Waals surface area contributed by atoms with E-state index in [0.717, 1.165) is 26.1 Å². The highest BCUT2D eigenvalue weighted by molar-refractivity contribution is 9.10. The van der Waals surface area contributed by atoms with Crippen molar-refractivity contribution in [3.8, 4) is 0 Å². The third-order valence-electron chi connectivity index (χ3n) is 3.74. The van der Waals surface area contributed by atoms with E-state index >= 15 is 0 Å². The van der Waals surface area contributed by atoms with Gasteiger partial charge in [0.05, 0.1) is 6.61 Å². The number of rotatable bonds is 5. The van der Waals surface area contributed by atoms with Gasteiger partial charge in [-0.1, -0.05) is 22.0 Å². The number of nitrogens with two attached hydrogens (primary N) is 1. The van der Waals surface area contributed by atoms with Crippen LogP contribution >= 0.6 is 15.9 Å². The van der Waals surface area contributed by atoms with Crippen LogP contribution in [-0.4, -0.2) is 33.4 Å². The van der Waals surface area contributed by atoms with Gasteiger partial charge in [0.15, 0.2) is 0 Å². The van der Waals surface area contributed by atoms with E-state index in [0.29, 0.717) is 12.5 Å². The summed E-state index contributed by atoms with van der Waals surface area (Å²) < 4.78 is 6.46. The monoisotopic (exact) mass is 326 g/mol. The van der Waals surface area contributed by atoms with Crippen molar-refractivity contribution >= 4 is 21.6 Å². The Morgan fingerprint density at radius 2 is 2.32 bits per heavy atom. The van der Waals surface area contributed by atoms with Gasteiger partial charge in [-0.2, -0.15) is 0 Å². The Hall–Kier alpha value is -0.580. The normalized spacial score (nSPS) is 19.7. The maximum absolute atomic E-state index is 5.62. The van der Waals surface area contributed by atoms with Gasteiger partial charge in [-0.05, 0) is 49.4 Å². The summed E-state index contributed by atoms with van der Waals surface area (Å²) in [5, 5.41) is 0. The van der Waals surface area contributed by atoms with Crippen LogP contribution in [-0.2, 0) is 11.2 Å². The average molecular weight is 327 g/mol. The quantitative estimate of drug-likeness (QED) is 0.904. The Bertz CT molecular complexity index is 409. The molecule has 3 nitrogen and oxygen atoms in total. The number of anilines is 1. The minimum Gasteiger partial charge on any atom is -0.384 e. The van der Waals surface area contributed by atoms with E-state index in [4.69, 9.17) is 10.5 Å². The second kappa shape index (κ2) is 7.27. The molecule has 1 aliphatic rings. The number of hydrogen-bond acceptors (Lipinski definition) is 3. The molecule has 1 aliphatic heterocycles. The molecule has 1 atom stereocenters. The molecule has 1 aromatic rings. The number of piperidine rings is 1. The van der Waals surface area contributed by atoms with Crippen molar-refractivity contribution in [1.29, 1.82) is 0 Å². The van der Waals surface area contributed by atoms with Gasteiger partial charge in [0, 0.05) is 30.4 Å². The minimum atomic E-state index is 0.654. The van der Waals surface area contributed by atoms with E-state index in [1.54, 1.807) is 7.11 Å². The fourth-order valence-corrected chi connectivity index (χ4v) is 3.33. The van der Waals surface area contributed by atoms with Crippen molar-refractivity contribution in [1.82, 2.24) is 0 Å². The van der Waals surface area contributed by atoms with Gasteiger partial charge in [-0.25, -0.2) is 0 Å². The van der Waals surface area contributed by atoms with Crippen LogP contribution in [0.25, 0.3) is 0 Å². The number of hydrogen-bond donors (Lipinski definition) is 1. The van der Waals surface area contributed by atoms with Gasteiger partial charge in [0.1, 0.15) is 0 Å². The molecule has 1 saturated heterocycles. The SMILES string of the molecule is COCC1CCCN(c2ccc(CCN)c(Br)c2)C1. The molecule has 0 radical (unpaired) electrons. The maximum atomic E-state index is 5.62. The first-order chi connectivity index (χ1) is 9.24. The lowest BCUT2D eigenvalue weighted by Crippen LogP contribution is -2.37. The molecule has 1 fully saturated rings. The standard InChI is InChI=1S/C15H23BrN2O/c1-19-11-12-3-2-8-18(10-12)14-5-4-13(6-7-17)15(16)9-14/h4-5,9,12H,2-3,6-8,10-11,17H2,1H3. The third-order valence-corrected chi connectivity index (χ3v) is 4.48. The van der Waals surface area contributed by atoms with Crippen molar-refractivity contribution in [2.45, 2.75) is 19.3 Å². The van der Waals surface area contributed by atoms with Gasteiger partial charge >= 0.3 is 0 Å². The maximum Gasteiger partial charge on any atom is 0.0507 e. The number of methoxy groups -OCH3 is 1. The van der Waals surface area contributed by atoms with Crippen LogP contribution in [0.15, 0.2) is 22.7 Å². The first-order valence-corrected chi connectivity index (χ1v) is 7.76. The lowest BCUT2D eigenvalue weighted by molar-refractivity contribution is 0.143. The van der Waals surface area contributed by atoms with E-state index in [1.165, 1.54) is 28.6 Å². The molecule has 0 aromatic heterocycles. The largest absolute Gasteiger partial charge is 0.384 e. The molecule has 4 heteroatoms. The van der Waals surface area contributed by atoms with E-state index < -0.39 is 0 Å². The predicted octanol–water partition coefficient (Wildman–Crippen LogP) is 2.81. The van der Waals surface area contributed by atoms with Crippen molar-refractivity contribution < 1.29 is 4.74 Å². The Kier molecular flexibility index (Phi) is 5.67. The van der Waals surface area contributed by atoms with Crippen molar-refractivity contribution in [2.75, 3.05) is 38.3 Å². The molecule has 106 valence electrons. The smallest absolute Gasteiger partial charge is 0.0507 e. The van der Waals surface area contributed by atoms with Gasteiger partial charge in [-0.3, -0.25) is 0 Å². The highest BCUT2D eigenvalue weighted by Gasteiger charge is 2.20. The van der Waals surface area contributed by atoms with Crippen molar-refractivity contribution in [3.05, 3.63) is 28.2 Å². The number of halogens is 1. The van der Waals surface area contributed by atoms with Crippen molar-refractivity contribution in [3.63, 3.8) is 0 Å². The number of benzene rings is 1. The Morgan fingerprint density at radius 3 is 3.00 bits per heavy atom. The summed E-state index contributed by atoms with van der Waals surface area (Å²) in [6.07, 6.45) is 3.44. The Labute approximate surface area is 124 Å². The lowest BCUT2D eigenvalue weighted by atomic mass is 9.98. The second-order valence-corrected chi connectivity index (χ2v) is 6.08. The molecule has 1 aromatic carbocycles. The summed E-state index contributed by atoms with van der Waals surface area (Å²) in [7, 11) is 1.79. The first kappa shape index (κ1) is 14.8. The van der Waals surface area contributed by atoms with Crippen LogP contribution in [0.5, 0.6) is 0 Å². The topological polar surface area (TPSA) is 38.5 Å². The van der Waals surface area contributed by atoms with E-state index in [-0.39, 0.29) is 0 Å². The number of ether oxygens (including phenoxy) is 1. The van der Waals surface area contributed by atoms with Gasteiger partial charge in [-0.15, -0.1) is 0 Å². The molecule has 0 aliphatic carbocycles. The third kappa shape index (κ3) is 3.94. The average Bonchev–Trinajstić information content (AvgIpc) is 2.42. The summed E-state index contributed by atoms with van der Waals surface area (Å²) >= 11 is 3.65. The molecule has 0 amide bonds. The van der Waals surface area contributed by atoms with Gasteiger partial charge in [0.2, 0.25) is 0 Å². The summed E-state index contributed by atoms with van der Waals surface area (Å²) in [6.45, 7) is 3.79. The zero-order chi connectivity index (χ0) is 13.7. The molecule has 2 rings (SSSR count). The highest BCUT2D eigenvalue weighted by Crippen LogP contribution is 2.28. The lowest BCUT2D eigenvalue weighted by Gasteiger charge is -2.34. The van der Waals surface area contributed by atoms with Crippen LogP contribution in [0.1, 0.15) is 18.4 Å². The molecule has 2 N–H and O–H groups in total. The van der Waals surface area contributed by atoms with Crippen LogP contribution in [0.4, 0.5) is 5.69 Å². The zero-order valence-electron chi connectivity index (χ0n) is 11.6. The van der Waals surface area contributed by atoms with Gasteiger partial charge < -0.3 is 15.4 Å². The molecule has 0 spiro atoms. The van der Waals surface area contributed by atoms with E-state index in [9.17, 15) is 0 Å². The van der Waals surface area contributed by atoms with Crippen LogP contribution in [0.2, 0.25) is 0 Å². The minimum absolute atomic E-state index is 0.654. The summed E-state index contributed by atoms with van der Waals surface area (Å²) in [5.41, 5.74) is 8.20. The van der Waals surface area contributed by atoms with Crippen LogP contribution in [0.3, 0.4) is 0 Å².